The standard InChI is InChI=1S/C16H26N2O3/c1-11(2)10-21-14-7-6-13(8-15(14)20-5)16(19)18(4)12(3)9-17/h6-8,11-12H,9-10,17H2,1-5H3. The average molecular weight is 294 g/mol. The smallest absolute Gasteiger partial charge is 0.254 e. The first-order chi connectivity index (χ1) is 9.90. The Morgan fingerprint density at radius 2 is 1.95 bits per heavy atom. The lowest BCUT2D eigenvalue weighted by Crippen LogP contribution is -2.39. The molecule has 0 aliphatic carbocycles. The monoisotopic (exact) mass is 294 g/mol. The van der Waals surface area contributed by atoms with Crippen LogP contribution in [0.1, 0.15) is 31.1 Å². The van der Waals surface area contributed by atoms with Crippen molar-refractivity contribution in [1.29, 1.82) is 0 Å². The van der Waals surface area contributed by atoms with Gasteiger partial charge in [0.2, 0.25) is 0 Å². The summed E-state index contributed by atoms with van der Waals surface area (Å²) in [5, 5.41) is 0. The molecule has 0 aliphatic heterocycles. The van der Waals surface area contributed by atoms with Crippen LogP contribution in [0.4, 0.5) is 0 Å². The van der Waals surface area contributed by atoms with Crippen LogP contribution in [0.15, 0.2) is 18.2 Å². The highest BCUT2D eigenvalue weighted by Gasteiger charge is 2.18. The zero-order valence-electron chi connectivity index (χ0n) is 13.6. The van der Waals surface area contributed by atoms with Gasteiger partial charge in [-0.3, -0.25) is 4.79 Å². The molecule has 0 bridgehead atoms. The topological polar surface area (TPSA) is 64.8 Å². The molecule has 1 atom stereocenters. The van der Waals surface area contributed by atoms with Crippen LogP contribution < -0.4 is 15.2 Å². The van der Waals surface area contributed by atoms with Crippen molar-refractivity contribution in [3.63, 3.8) is 0 Å². The number of rotatable bonds is 7. The summed E-state index contributed by atoms with van der Waals surface area (Å²) in [5.41, 5.74) is 6.16. The fraction of sp³-hybridized carbons (Fsp3) is 0.562. The summed E-state index contributed by atoms with van der Waals surface area (Å²) in [6.45, 7) is 7.10. The Hall–Kier alpha value is -1.75. The number of methoxy groups -OCH3 is 1. The summed E-state index contributed by atoms with van der Waals surface area (Å²) in [6.07, 6.45) is 0. The minimum Gasteiger partial charge on any atom is -0.493 e. The quantitative estimate of drug-likeness (QED) is 0.837. The van der Waals surface area contributed by atoms with Crippen LogP contribution in [0.25, 0.3) is 0 Å². The van der Waals surface area contributed by atoms with Crippen LogP contribution >= 0.6 is 0 Å². The van der Waals surface area contributed by atoms with Crippen molar-refractivity contribution in [2.45, 2.75) is 26.8 Å². The van der Waals surface area contributed by atoms with Crippen molar-refractivity contribution in [2.24, 2.45) is 11.7 Å². The first kappa shape index (κ1) is 17.3. The summed E-state index contributed by atoms with van der Waals surface area (Å²) in [6, 6.07) is 5.22. The molecule has 0 fully saturated rings. The number of amides is 1. The third kappa shape index (κ3) is 4.63. The van der Waals surface area contributed by atoms with E-state index in [9.17, 15) is 4.79 Å². The second kappa shape index (κ2) is 7.88. The lowest BCUT2D eigenvalue weighted by molar-refractivity contribution is 0.0748. The van der Waals surface area contributed by atoms with Crippen LogP contribution in [-0.2, 0) is 0 Å². The van der Waals surface area contributed by atoms with E-state index in [1.165, 1.54) is 0 Å². The second-order valence-electron chi connectivity index (χ2n) is 5.57. The van der Waals surface area contributed by atoms with Gasteiger partial charge < -0.3 is 20.1 Å². The van der Waals surface area contributed by atoms with Crippen molar-refractivity contribution < 1.29 is 14.3 Å². The Labute approximate surface area is 127 Å². The SMILES string of the molecule is COc1cc(C(=O)N(C)C(C)CN)ccc1OCC(C)C. The highest BCUT2D eigenvalue weighted by molar-refractivity contribution is 5.95. The van der Waals surface area contributed by atoms with Gasteiger partial charge in [-0.15, -0.1) is 0 Å². The average Bonchev–Trinajstić information content (AvgIpc) is 2.50. The van der Waals surface area contributed by atoms with Crippen LogP contribution in [0.3, 0.4) is 0 Å². The molecular weight excluding hydrogens is 268 g/mol. The number of hydrogen-bond acceptors (Lipinski definition) is 4. The molecule has 0 saturated heterocycles. The minimum atomic E-state index is -0.0818. The van der Waals surface area contributed by atoms with Gasteiger partial charge >= 0.3 is 0 Å². The Balaban J connectivity index is 2.93. The van der Waals surface area contributed by atoms with E-state index >= 15 is 0 Å². The predicted octanol–water partition coefficient (Wildman–Crippen LogP) is 2.15. The van der Waals surface area contributed by atoms with Crippen molar-refractivity contribution in [1.82, 2.24) is 4.90 Å². The van der Waals surface area contributed by atoms with E-state index in [0.29, 0.717) is 36.1 Å². The molecule has 0 spiro atoms. The van der Waals surface area contributed by atoms with Crippen molar-refractivity contribution in [3.8, 4) is 11.5 Å². The molecule has 0 aromatic heterocycles. The van der Waals surface area contributed by atoms with Crippen molar-refractivity contribution >= 4 is 5.91 Å². The van der Waals surface area contributed by atoms with Crippen LogP contribution in [0, 0.1) is 5.92 Å². The molecule has 1 unspecified atom stereocenters. The Bertz CT molecular complexity index is 475. The first-order valence-corrected chi connectivity index (χ1v) is 7.18. The maximum absolute atomic E-state index is 12.4. The molecule has 1 aromatic rings. The van der Waals surface area contributed by atoms with E-state index in [1.807, 2.05) is 6.92 Å². The second-order valence-corrected chi connectivity index (χ2v) is 5.57. The van der Waals surface area contributed by atoms with Gasteiger partial charge in [-0.2, -0.15) is 0 Å². The number of hydrogen-bond donors (Lipinski definition) is 1. The summed E-state index contributed by atoms with van der Waals surface area (Å²) >= 11 is 0. The summed E-state index contributed by atoms with van der Waals surface area (Å²) in [4.78, 5) is 14.0. The molecular formula is C16H26N2O3. The van der Waals surface area contributed by atoms with Gasteiger partial charge in [0.15, 0.2) is 11.5 Å². The van der Waals surface area contributed by atoms with Gasteiger partial charge in [-0.05, 0) is 31.0 Å². The fourth-order valence-electron chi connectivity index (χ4n) is 1.74. The molecule has 2 N–H and O–H groups in total. The molecule has 118 valence electrons. The Morgan fingerprint density at radius 1 is 1.29 bits per heavy atom. The predicted molar refractivity (Wildman–Crippen MR) is 83.9 cm³/mol. The maximum atomic E-state index is 12.4. The van der Waals surface area contributed by atoms with Crippen molar-refractivity contribution in [3.05, 3.63) is 23.8 Å². The third-order valence-corrected chi connectivity index (χ3v) is 3.31. The number of nitrogens with zero attached hydrogens (tertiary/aromatic N) is 1. The number of carbonyl (C=O) groups is 1. The summed E-state index contributed by atoms with van der Waals surface area (Å²) < 4.78 is 11.0. The minimum absolute atomic E-state index is 0.0136. The molecule has 0 radical (unpaired) electrons. The van der Waals surface area contributed by atoms with Crippen LogP contribution in [0.5, 0.6) is 11.5 Å². The molecule has 0 heterocycles. The van der Waals surface area contributed by atoms with Gasteiger partial charge in [-0.1, -0.05) is 13.8 Å². The Morgan fingerprint density at radius 3 is 2.48 bits per heavy atom. The van der Waals surface area contributed by atoms with Gasteiger partial charge in [0, 0.05) is 25.2 Å². The van der Waals surface area contributed by atoms with Gasteiger partial charge in [0.1, 0.15) is 0 Å². The summed E-state index contributed by atoms with van der Waals surface area (Å²) in [7, 11) is 3.31. The molecule has 21 heavy (non-hydrogen) atoms. The molecule has 0 aliphatic rings. The van der Waals surface area contributed by atoms with E-state index in [0.717, 1.165) is 0 Å². The first-order valence-electron chi connectivity index (χ1n) is 7.18. The zero-order valence-corrected chi connectivity index (χ0v) is 13.6. The van der Waals surface area contributed by atoms with Gasteiger partial charge in [0.05, 0.1) is 13.7 Å². The molecule has 5 nitrogen and oxygen atoms in total. The lowest BCUT2D eigenvalue weighted by atomic mass is 10.1. The summed E-state index contributed by atoms with van der Waals surface area (Å²) in [5.74, 6) is 1.56. The molecule has 1 amide bonds. The Kier molecular flexibility index (Phi) is 6.49. The van der Waals surface area contributed by atoms with Crippen LogP contribution in [0.2, 0.25) is 0 Å². The molecule has 5 heteroatoms. The lowest BCUT2D eigenvalue weighted by Gasteiger charge is -2.24. The van der Waals surface area contributed by atoms with E-state index in [1.54, 1.807) is 37.3 Å². The number of ether oxygens (including phenoxy) is 2. The normalized spacial score (nSPS) is 12.1. The maximum Gasteiger partial charge on any atom is 0.254 e. The highest BCUT2D eigenvalue weighted by Crippen LogP contribution is 2.29. The van der Waals surface area contributed by atoms with E-state index in [4.69, 9.17) is 15.2 Å². The number of nitrogens with two attached hydrogens (primary N) is 1. The molecule has 1 rings (SSSR count). The van der Waals surface area contributed by atoms with Crippen LogP contribution in [-0.4, -0.2) is 44.2 Å². The van der Waals surface area contributed by atoms with Crippen molar-refractivity contribution in [2.75, 3.05) is 27.3 Å². The molecule has 1 aromatic carbocycles. The van der Waals surface area contributed by atoms with Gasteiger partial charge in [-0.25, -0.2) is 0 Å². The highest BCUT2D eigenvalue weighted by atomic mass is 16.5. The number of carbonyl (C=O) groups excluding carboxylic acids is 1. The number of benzene rings is 1. The number of likely N-dealkylation sites (N-methyl/N-ethyl adjacent to an activating group) is 1. The largest absolute Gasteiger partial charge is 0.493 e. The third-order valence-electron chi connectivity index (χ3n) is 3.31. The fourth-order valence-corrected chi connectivity index (χ4v) is 1.74. The molecule has 0 saturated carbocycles. The van der Waals surface area contributed by atoms with E-state index < -0.39 is 0 Å². The van der Waals surface area contributed by atoms with Gasteiger partial charge in [0.25, 0.3) is 5.91 Å². The zero-order chi connectivity index (χ0) is 16.0. The van der Waals surface area contributed by atoms with E-state index in [2.05, 4.69) is 13.8 Å². The van der Waals surface area contributed by atoms with E-state index in [-0.39, 0.29) is 11.9 Å².